The van der Waals surface area contributed by atoms with E-state index in [1.807, 2.05) is 54.8 Å². The maximum atomic E-state index is 12.3. The van der Waals surface area contributed by atoms with Gasteiger partial charge in [0.2, 0.25) is 0 Å². The summed E-state index contributed by atoms with van der Waals surface area (Å²) in [5.41, 5.74) is 0.906. The fraction of sp³-hybridized carbons (Fsp3) is 0.300. The fourth-order valence-corrected chi connectivity index (χ4v) is 2.69. The average Bonchev–Trinajstić information content (AvgIpc) is 2.69. The van der Waals surface area contributed by atoms with E-state index in [4.69, 9.17) is 9.47 Å². The summed E-state index contributed by atoms with van der Waals surface area (Å²) in [5.74, 6) is 0.563. The van der Waals surface area contributed by atoms with Gasteiger partial charge in [-0.1, -0.05) is 48.5 Å². The summed E-state index contributed by atoms with van der Waals surface area (Å²) < 4.78 is 10.8. The van der Waals surface area contributed by atoms with Crippen LogP contribution in [0.15, 0.2) is 60.7 Å². The predicted molar refractivity (Wildman–Crippen MR) is 103 cm³/mol. The van der Waals surface area contributed by atoms with E-state index in [0.29, 0.717) is 12.2 Å². The number of rotatable bonds is 10. The van der Waals surface area contributed by atoms with Crippen molar-refractivity contribution in [1.82, 2.24) is 5.32 Å². The highest BCUT2D eigenvalue weighted by Gasteiger charge is 2.22. The van der Waals surface area contributed by atoms with E-state index in [2.05, 4.69) is 5.32 Å². The lowest BCUT2D eigenvalue weighted by molar-refractivity contribution is -0.149. The molecule has 1 atom stereocenters. The van der Waals surface area contributed by atoms with E-state index < -0.39 is 12.0 Å². The van der Waals surface area contributed by atoms with Crippen LogP contribution in [0, 0.1) is 0 Å². The molecule has 2 aromatic rings. The van der Waals surface area contributed by atoms with Gasteiger partial charge in [-0.25, -0.2) is 4.79 Å². The Bertz CT molecular complexity index is 679. The van der Waals surface area contributed by atoms with Gasteiger partial charge in [-0.15, -0.1) is 0 Å². The lowest BCUT2D eigenvalue weighted by atomic mass is 10.2. The summed E-state index contributed by atoms with van der Waals surface area (Å²) in [5, 5.41) is 2.71. The summed E-state index contributed by atoms with van der Waals surface area (Å²) >= 11 is 1.61. The van der Waals surface area contributed by atoms with Gasteiger partial charge < -0.3 is 14.8 Å². The Kier molecular flexibility index (Phi) is 8.55. The van der Waals surface area contributed by atoms with Crippen LogP contribution in [0.25, 0.3) is 0 Å². The molecule has 0 saturated carbocycles. The van der Waals surface area contributed by atoms with Crippen molar-refractivity contribution in [2.24, 2.45) is 0 Å². The molecule has 0 aliphatic rings. The topological polar surface area (TPSA) is 64.6 Å². The number of benzene rings is 2. The van der Waals surface area contributed by atoms with Crippen molar-refractivity contribution < 1.29 is 19.1 Å². The Morgan fingerprint density at radius 2 is 1.69 bits per heavy atom. The third-order valence-electron chi connectivity index (χ3n) is 3.57. The van der Waals surface area contributed by atoms with Gasteiger partial charge in [0.05, 0.1) is 0 Å². The summed E-state index contributed by atoms with van der Waals surface area (Å²) in [7, 11) is 0. The van der Waals surface area contributed by atoms with Gasteiger partial charge in [0.1, 0.15) is 18.4 Å². The number of esters is 1. The van der Waals surface area contributed by atoms with Crippen molar-refractivity contribution in [3.05, 3.63) is 66.2 Å². The van der Waals surface area contributed by atoms with Gasteiger partial charge in [0.25, 0.3) is 5.91 Å². The third-order valence-corrected chi connectivity index (χ3v) is 4.21. The van der Waals surface area contributed by atoms with Gasteiger partial charge >= 0.3 is 5.97 Å². The summed E-state index contributed by atoms with van der Waals surface area (Å²) in [6, 6.07) is 17.8. The third kappa shape index (κ3) is 7.19. The Balaban J connectivity index is 1.84. The Morgan fingerprint density at radius 3 is 2.35 bits per heavy atom. The van der Waals surface area contributed by atoms with E-state index in [0.717, 1.165) is 11.3 Å². The highest BCUT2D eigenvalue weighted by atomic mass is 32.2. The zero-order chi connectivity index (χ0) is 18.6. The molecule has 0 radical (unpaired) electrons. The first-order valence-corrected chi connectivity index (χ1v) is 9.75. The van der Waals surface area contributed by atoms with Gasteiger partial charge in [-0.2, -0.15) is 11.8 Å². The van der Waals surface area contributed by atoms with Crippen LogP contribution in [-0.2, 0) is 20.9 Å². The standard InChI is InChI=1S/C20H23NO4S/c1-26-13-12-18(20(23)25-14-16-8-4-2-5-9-16)21-19(22)15-24-17-10-6-3-7-11-17/h2-11,18H,12-15H2,1H3,(H,21,22)/t18-/m1/s1. The molecule has 2 aromatic carbocycles. The summed E-state index contributed by atoms with van der Waals surface area (Å²) in [6.45, 7) is 0.0393. The van der Waals surface area contributed by atoms with Crippen molar-refractivity contribution >= 4 is 23.6 Å². The van der Waals surface area contributed by atoms with Crippen LogP contribution >= 0.6 is 11.8 Å². The van der Waals surface area contributed by atoms with E-state index in [9.17, 15) is 9.59 Å². The molecule has 0 spiro atoms. The maximum Gasteiger partial charge on any atom is 0.329 e. The fourth-order valence-electron chi connectivity index (χ4n) is 2.22. The SMILES string of the molecule is CSCC[C@@H](NC(=O)COc1ccccc1)C(=O)OCc1ccccc1. The van der Waals surface area contributed by atoms with Gasteiger partial charge in [0, 0.05) is 0 Å². The van der Waals surface area contributed by atoms with Crippen molar-refractivity contribution in [1.29, 1.82) is 0 Å². The molecule has 0 heterocycles. The normalized spacial score (nSPS) is 11.4. The van der Waals surface area contributed by atoms with E-state index in [-0.39, 0.29) is 19.1 Å². The van der Waals surface area contributed by atoms with Crippen molar-refractivity contribution in [2.75, 3.05) is 18.6 Å². The second kappa shape index (κ2) is 11.2. The second-order valence-electron chi connectivity index (χ2n) is 5.60. The van der Waals surface area contributed by atoms with Crippen LogP contribution in [0.1, 0.15) is 12.0 Å². The average molecular weight is 373 g/mol. The molecule has 0 unspecified atom stereocenters. The highest BCUT2D eigenvalue weighted by molar-refractivity contribution is 7.98. The number of hydrogen-bond acceptors (Lipinski definition) is 5. The van der Waals surface area contributed by atoms with Crippen LogP contribution in [0.3, 0.4) is 0 Å². The lowest BCUT2D eigenvalue weighted by Gasteiger charge is -2.17. The van der Waals surface area contributed by atoms with Gasteiger partial charge in [-0.3, -0.25) is 4.79 Å². The van der Waals surface area contributed by atoms with Crippen LogP contribution in [0.4, 0.5) is 0 Å². The number of nitrogens with one attached hydrogen (secondary N) is 1. The number of para-hydroxylation sites is 1. The Morgan fingerprint density at radius 1 is 1.04 bits per heavy atom. The quantitative estimate of drug-likeness (QED) is 0.649. The molecule has 0 bridgehead atoms. The van der Waals surface area contributed by atoms with E-state index in [1.54, 1.807) is 23.9 Å². The van der Waals surface area contributed by atoms with E-state index >= 15 is 0 Å². The summed E-state index contributed by atoms with van der Waals surface area (Å²) in [4.78, 5) is 24.5. The first-order chi connectivity index (χ1) is 12.7. The molecule has 1 N–H and O–H groups in total. The number of amides is 1. The first kappa shape index (κ1) is 19.8. The molecule has 0 fully saturated rings. The van der Waals surface area contributed by atoms with Crippen LogP contribution in [0.2, 0.25) is 0 Å². The van der Waals surface area contributed by atoms with Gasteiger partial charge in [-0.05, 0) is 36.1 Å². The minimum atomic E-state index is -0.682. The molecular weight excluding hydrogens is 350 g/mol. The van der Waals surface area contributed by atoms with Crippen LogP contribution in [0.5, 0.6) is 5.75 Å². The van der Waals surface area contributed by atoms with Crippen molar-refractivity contribution in [3.8, 4) is 5.75 Å². The number of ether oxygens (including phenoxy) is 2. The molecule has 0 aliphatic heterocycles. The zero-order valence-electron chi connectivity index (χ0n) is 14.7. The minimum Gasteiger partial charge on any atom is -0.484 e. The molecule has 0 aromatic heterocycles. The number of carbonyl (C=O) groups is 2. The molecule has 138 valence electrons. The number of hydrogen-bond donors (Lipinski definition) is 1. The lowest BCUT2D eigenvalue weighted by Crippen LogP contribution is -2.44. The highest BCUT2D eigenvalue weighted by Crippen LogP contribution is 2.09. The molecular formula is C20H23NO4S. The molecule has 0 saturated heterocycles. The molecule has 5 nitrogen and oxygen atoms in total. The molecule has 2 rings (SSSR count). The Hall–Kier alpha value is -2.47. The summed E-state index contributed by atoms with van der Waals surface area (Å²) in [6.07, 6.45) is 2.46. The monoisotopic (exact) mass is 373 g/mol. The maximum absolute atomic E-state index is 12.3. The van der Waals surface area contributed by atoms with Crippen LogP contribution in [-0.4, -0.2) is 36.5 Å². The van der Waals surface area contributed by atoms with Gasteiger partial charge in [0.15, 0.2) is 6.61 Å². The number of carbonyl (C=O) groups excluding carboxylic acids is 2. The van der Waals surface area contributed by atoms with Crippen LogP contribution < -0.4 is 10.1 Å². The molecule has 1 amide bonds. The zero-order valence-corrected chi connectivity index (χ0v) is 15.5. The molecule has 0 aliphatic carbocycles. The first-order valence-electron chi connectivity index (χ1n) is 8.35. The smallest absolute Gasteiger partial charge is 0.329 e. The largest absolute Gasteiger partial charge is 0.484 e. The van der Waals surface area contributed by atoms with Crippen molar-refractivity contribution in [3.63, 3.8) is 0 Å². The van der Waals surface area contributed by atoms with E-state index in [1.165, 1.54) is 0 Å². The number of thioether (sulfide) groups is 1. The Labute approximate surface area is 158 Å². The van der Waals surface area contributed by atoms with Crippen molar-refractivity contribution in [2.45, 2.75) is 19.1 Å². The second-order valence-corrected chi connectivity index (χ2v) is 6.58. The molecule has 6 heteroatoms. The minimum absolute atomic E-state index is 0.147. The molecule has 26 heavy (non-hydrogen) atoms. The predicted octanol–water partition coefficient (Wildman–Crippen LogP) is 3.05.